The summed E-state index contributed by atoms with van der Waals surface area (Å²) in [4.78, 5) is 26.0. The smallest absolute Gasteiger partial charge is 0.326 e. The number of amides is 1. The van der Waals surface area contributed by atoms with Crippen molar-refractivity contribution in [2.45, 2.75) is 18.9 Å². The van der Waals surface area contributed by atoms with E-state index >= 15 is 0 Å². The van der Waals surface area contributed by atoms with Crippen LogP contribution in [0.1, 0.15) is 23.2 Å². The van der Waals surface area contributed by atoms with Gasteiger partial charge in [0.2, 0.25) is 5.95 Å². The summed E-state index contributed by atoms with van der Waals surface area (Å²) in [5.41, 5.74) is -0.277. The van der Waals surface area contributed by atoms with Crippen LogP contribution in [-0.4, -0.2) is 41.7 Å². The Morgan fingerprint density at radius 3 is 2.89 bits per heavy atom. The van der Waals surface area contributed by atoms with E-state index in [1.807, 2.05) is 0 Å². The van der Waals surface area contributed by atoms with E-state index in [1.54, 1.807) is 0 Å². The number of carbonyl (C=O) groups excluding carboxylic acids is 1. The number of hydrogen-bond acceptors (Lipinski definition) is 4. The van der Waals surface area contributed by atoms with Gasteiger partial charge in [0.25, 0.3) is 5.91 Å². The van der Waals surface area contributed by atoms with Gasteiger partial charge in [-0.25, -0.2) is 9.78 Å². The van der Waals surface area contributed by atoms with Crippen LogP contribution >= 0.6 is 0 Å². The molecule has 0 spiro atoms. The van der Waals surface area contributed by atoms with Crippen molar-refractivity contribution in [1.29, 1.82) is 0 Å². The number of methoxy groups -OCH3 is 1. The van der Waals surface area contributed by atoms with Gasteiger partial charge in [-0.05, 0) is 25.0 Å². The minimum absolute atomic E-state index is 0.205. The van der Waals surface area contributed by atoms with Gasteiger partial charge in [0.05, 0.1) is 5.56 Å². The van der Waals surface area contributed by atoms with Gasteiger partial charge in [0.1, 0.15) is 6.04 Å². The van der Waals surface area contributed by atoms with Crippen LogP contribution in [0.5, 0.6) is 0 Å². The third kappa shape index (κ3) is 4.63. The van der Waals surface area contributed by atoms with Crippen molar-refractivity contribution in [3.8, 4) is 0 Å². The molecular weight excluding hydrogens is 255 g/mol. The van der Waals surface area contributed by atoms with Crippen molar-refractivity contribution >= 4 is 11.9 Å². The molecule has 19 heavy (non-hydrogen) atoms. The summed E-state index contributed by atoms with van der Waals surface area (Å²) in [6.07, 6.45) is 1.89. The predicted octanol–water partition coefficient (Wildman–Crippen LogP) is 0.830. The first kappa shape index (κ1) is 15.0. The Hall–Kier alpha value is -2.02. The maximum Gasteiger partial charge on any atom is 0.326 e. The second-order valence-corrected chi connectivity index (χ2v) is 3.84. The minimum atomic E-state index is -1.17. The van der Waals surface area contributed by atoms with Crippen molar-refractivity contribution < 1.29 is 23.8 Å². The molecule has 2 N–H and O–H groups in total. The van der Waals surface area contributed by atoms with E-state index in [9.17, 15) is 14.0 Å². The summed E-state index contributed by atoms with van der Waals surface area (Å²) < 4.78 is 18.1. The topological polar surface area (TPSA) is 88.5 Å². The summed E-state index contributed by atoms with van der Waals surface area (Å²) in [7, 11) is 1.50. The molecule has 1 unspecified atom stereocenters. The first-order valence-corrected chi connectivity index (χ1v) is 5.69. The Labute approximate surface area is 109 Å². The number of hydrogen-bond donors (Lipinski definition) is 2. The molecule has 1 amide bonds. The molecule has 104 valence electrons. The van der Waals surface area contributed by atoms with E-state index in [-0.39, 0.29) is 12.0 Å². The molecule has 6 nitrogen and oxygen atoms in total. The lowest BCUT2D eigenvalue weighted by atomic mass is 10.1. The zero-order valence-electron chi connectivity index (χ0n) is 10.4. The lowest BCUT2D eigenvalue weighted by Gasteiger charge is -2.14. The fraction of sp³-hybridized carbons (Fsp3) is 0.417. The van der Waals surface area contributed by atoms with Crippen LogP contribution in [0.25, 0.3) is 0 Å². The van der Waals surface area contributed by atoms with Gasteiger partial charge in [-0.15, -0.1) is 0 Å². The molecule has 1 aromatic rings. The molecule has 1 rings (SSSR count). The maximum absolute atomic E-state index is 13.3. The lowest BCUT2D eigenvalue weighted by Crippen LogP contribution is -2.41. The van der Waals surface area contributed by atoms with Crippen LogP contribution in [-0.2, 0) is 9.53 Å². The number of carboxylic acids is 1. The fourth-order valence-corrected chi connectivity index (χ4v) is 1.48. The SMILES string of the molecule is COCCCC(NC(=O)c1cccnc1F)C(=O)O. The second kappa shape index (κ2) is 7.42. The summed E-state index contributed by atoms with van der Waals surface area (Å²) in [5.74, 6) is -2.90. The van der Waals surface area contributed by atoms with Gasteiger partial charge in [-0.1, -0.05) is 0 Å². The molecule has 0 aromatic carbocycles. The molecule has 0 saturated carbocycles. The maximum atomic E-state index is 13.3. The quantitative estimate of drug-likeness (QED) is 0.566. The van der Waals surface area contributed by atoms with Crippen LogP contribution in [0.3, 0.4) is 0 Å². The van der Waals surface area contributed by atoms with Gasteiger partial charge in [0, 0.05) is 19.9 Å². The Balaban J connectivity index is 2.66. The van der Waals surface area contributed by atoms with Crippen LogP contribution in [0.2, 0.25) is 0 Å². The van der Waals surface area contributed by atoms with E-state index in [4.69, 9.17) is 9.84 Å². The number of pyridine rings is 1. The standard InChI is InChI=1S/C12H15FN2O4/c1-19-7-3-5-9(12(17)18)15-11(16)8-4-2-6-14-10(8)13/h2,4,6,9H,3,5,7H2,1H3,(H,15,16)(H,17,18). The number of carboxylic acid groups (broad SMARTS) is 1. The van der Waals surface area contributed by atoms with E-state index in [1.165, 1.54) is 25.4 Å². The Morgan fingerprint density at radius 2 is 2.32 bits per heavy atom. The Morgan fingerprint density at radius 1 is 1.58 bits per heavy atom. The van der Waals surface area contributed by atoms with E-state index in [0.29, 0.717) is 13.0 Å². The van der Waals surface area contributed by atoms with E-state index in [2.05, 4.69) is 10.3 Å². The first-order chi connectivity index (χ1) is 9.06. The molecule has 0 fully saturated rings. The van der Waals surface area contributed by atoms with Crippen molar-refractivity contribution in [2.24, 2.45) is 0 Å². The number of carbonyl (C=O) groups is 2. The van der Waals surface area contributed by atoms with E-state index < -0.39 is 23.9 Å². The Bertz CT molecular complexity index is 453. The van der Waals surface area contributed by atoms with Crippen LogP contribution in [0.15, 0.2) is 18.3 Å². The third-order valence-electron chi connectivity index (χ3n) is 2.45. The second-order valence-electron chi connectivity index (χ2n) is 3.84. The number of rotatable bonds is 7. The molecule has 1 heterocycles. The van der Waals surface area contributed by atoms with Gasteiger partial charge in [-0.2, -0.15) is 4.39 Å². The fourth-order valence-electron chi connectivity index (χ4n) is 1.48. The summed E-state index contributed by atoms with van der Waals surface area (Å²) >= 11 is 0. The highest BCUT2D eigenvalue weighted by Crippen LogP contribution is 2.05. The summed E-state index contributed by atoms with van der Waals surface area (Å²) in [6.45, 7) is 0.390. The van der Waals surface area contributed by atoms with Crippen LogP contribution < -0.4 is 5.32 Å². The molecule has 0 aliphatic rings. The van der Waals surface area contributed by atoms with Crippen LogP contribution in [0, 0.1) is 5.95 Å². The monoisotopic (exact) mass is 270 g/mol. The minimum Gasteiger partial charge on any atom is -0.480 e. The van der Waals surface area contributed by atoms with Gasteiger partial charge < -0.3 is 15.2 Å². The molecule has 0 bridgehead atoms. The Kier molecular flexibility index (Phi) is 5.87. The van der Waals surface area contributed by atoms with Crippen molar-refractivity contribution in [3.05, 3.63) is 29.8 Å². The predicted molar refractivity (Wildman–Crippen MR) is 64.2 cm³/mol. The van der Waals surface area contributed by atoms with Gasteiger partial charge >= 0.3 is 5.97 Å². The number of aromatic nitrogens is 1. The highest BCUT2D eigenvalue weighted by atomic mass is 19.1. The molecule has 1 aromatic heterocycles. The highest BCUT2D eigenvalue weighted by Gasteiger charge is 2.22. The largest absolute Gasteiger partial charge is 0.480 e. The number of ether oxygens (including phenoxy) is 1. The number of nitrogens with zero attached hydrogens (tertiary/aromatic N) is 1. The molecule has 1 atom stereocenters. The van der Waals surface area contributed by atoms with E-state index in [0.717, 1.165) is 0 Å². The number of halogens is 1. The van der Waals surface area contributed by atoms with Gasteiger partial charge in [0.15, 0.2) is 0 Å². The number of nitrogens with one attached hydrogen (secondary N) is 1. The molecule has 0 radical (unpaired) electrons. The van der Waals surface area contributed by atoms with Crippen molar-refractivity contribution in [3.63, 3.8) is 0 Å². The highest BCUT2D eigenvalue weighted by molar-refractivity contribution is 5.96. The number of aliphatic carboxylic acids is 1. The first-order valence-electron chi connectivity index (χ1n) is 5.69. The van der Waals surface area contributed by atoms with Gasteiger partial charge in [-0.3, -0.25) is 4.79 Å². The van der Waals surface area contributed by atoms with Crippen molar-refractivity contribution in [2.75, 3.05) is 13.7 Å². The van der Waals surface area contributed by atoms with Crippen molar-refractivity contribution in [1.82, 2.24) is 10.3 Å². The summed E-state index contributed by atoms with van der Waals surface area (Å²) in [6, 6.07) is 1.56. The lowest BCUT2D eigenvalue weighted by molar-refractivity contribution is -0.139. The molecular formula is C12H15FN2O4. The molecule has 7 heteroatoms. The third-order valence-corrected chi connectivity index (χ3v) is 2.45. The molecule has 0 aliphatic carbocycles. The van der Waals surface area contributed by atoms with Crippen LogP contribution in [0.4, 0.5) is 4.39 Å². The zero-order valence-corrected chi connectivity index (χ0v) is 10.4. The average Bonchev–Trinajstić information content (AvgIpc) is 2.38. The zero-order chi connectivity index (χ0) is 14.3. The normalized spacial score (nSPS) is 11.9. The average molecular weight is 270 g/mol. The molecule has 0 aliphatic heterocycles. The molecule has 0 saturated heterocycles. The summed E-state index contributed by atoms with van der Waals surface area (Å²) in [5, 5.41) is 11.2.